The minimum absolute atomic E-state index is 0.159. The van der Waals surface area contributed by atoms with E-state index in [2.05, 4.69) is 17.0 Å². The fourth-order valence-electron chi connectivity index (χ4n) is 2.28. The van der Waals surface area contributed by atoms with E-state index in [0.29, 0.717) is 23.0 Å². The highest BCUT2D eigenvalue weighted by Crippen LogP contribution is 2.25. The number of nitrogens with one attached hydrogen (secondary N) is 1. The Morgan fingerprint density at radius 3 is 2.95 bits per heavy atom. The molecule has 0 bridgehead atoms. The molecule has 1 heterocycles. The summed E-state index contributed by atoms with van der Waals surface area (Å²) in [5.74, 6) is 0.612. The van der Waals surface area contributed by atoms with Gasteiger partial charge in [-0.05, 0) is 37.5 Å². The molecule has 2 atom stereocenters. The number of hydrogen-bond donors (Lipinski definition) is 1. The summed E-state index contributed by atoms with van der Waals surface area (Å²) < 4.78 is 34.5. The fraction of sp³-hybridized carbons (Fsp3) is 0.571. The van der Waals surface area contributed by atoms with Crippen molar-refractivity contribution in [2.75, 3.05) is 13.2 Å². The topological polar surface area (TPSA) is 30.5 Å². The van der Waals surface area contributed by atoms with Crippen molar-refractivity contribution in [2.45, 2.75) is 32.5 Å². The first-order valence-electron chi connectivity index (χ1n) is 6.60. The summed E-state index contributed by atoms with van der Waals surface area (Å²) in [5.41, 5.74) is 0.628. The summed E-state index contributed by atoms with van der Waals surface area (Å²) in [6.07, 6.45) is 1.02. The van der Waals surface area contributed by atoms with Crippen LogP contribution in [0.3, 0.4) is 0 Å². The zero-order valence-corrected chi connectivity index (χ0v) is 12.0. The van der Waals surface area contributed by atoms with Gasteiger partial charge in [0.2, 0.25) is 0 Å². The average molecular weight is 306 g/mol. The van der Waals surface area contributed by atoms with E-state index in [9.17, 15) is 8.78 Å². The second-order valence-electron chi connectivity index (χ2n) is 4.92. The van der Waals surface area contributed by atoms with Gasteiger partial charge >= 0.3 is 6.61 Å². The second kappa shape index (κ2) is 7.20. The lowest BCUT2D eigenvalue weighted by Crippen LogP contribution is -2.33. The maximum Gasteiger partial charge on any atom is 0.387 e. The molecule has 0 radical (unpaired) electrons. The molecule has 20 heavy (non-hydrogen) atoms. The summed E-state index contributed by atoms with van der Waals surface area (Å²) in [5, 5.41) is 3.82. The summed E-state index contributed by atoms with van der Waals surface area (Å²) in [4.78, 5) is 0. The highest BCUT2D eigenvalue weighted by Gasteiger charge is 2.22. The quantitative estimate of drug-likeness (QED) is 0.873. The van der Waals surface area contributed by atoms with Gasteiger partial charge in [0.1, 0.15) is 5.75 Å². The van der Waals surface area contributed by atoms with Gasteiger partial charge in [0.05, 0.1) is 6.61 Å². The van der Waals surface area contributed by atoms with Crippen LogP contribution >= 0.6 is 11.6 Å². The molecule has 2 rings (SSSR count). The molecule has 1 N–H and O–H groups in total. The van der Waals surface area contributed by atoms with Gasteiger partial charge < -0.3 is 14.8 Å². The van der Waals surface area contributed by atoms with Gasteiger partial charge in [-0.3, -0.25) is 0 Å². The molecule has 2 unspecified atom stereocenters. The molecule has 1 aromatic carbocycles. The molecular formula is C14H18ClF2NO2. The number of ether oxygens (including phenoxy) is 2. The largest absolute Gasteiger partial charge is 0.434 e. The van der Waals surface area contributed by atoms with E-state index < -0.39 is 6.61 Å². The van der Waals surface area contributed by atoms with Gasteiger partial charge in [-0.15, -0.1) is 0 Å². The fourth-order valence-corrected chi connectivity index (χ4v) is 2.48. The van der Waals surface area contributed by atoms with E-state index in [1.165, 1.54) is 12.1 Å². The van der Waals surface area contributed by atoms with Gasteiger partial charge in [0.15, 0.2) is 0 Å². The lowest BCUT2D eigenvalue weighted by Gasteiger charge is -2.20. The zero-order chi connectivity index (χ0) is 14.5. The molecule has 1 saturated heterocycles. The van der Waals surface area contributed by atoms with E-state index in [4.69, 9.17) is 16.3 Å². The maximum atomic E-state index is 12.4. The molecule has 0 aliphatic carbocycles. The predicted octanol–water partition coefficient (Wildman–Crippen LogP) is 3.46. The van der Waals surface area contributed by atoms with Crippen LogP contribution in [-0.2, 0) is 11.3 Å². The van der Waals surface area contributed by atoms with Crippen LogP contribution in [0.15, 0.2) is 18.2 Å². The second-order valence-corrected chi connectivity index (χ2v) is 5.36. The van der Waals surface area contributed by atoms with Gasteiger partial charge in [0, 0.05) is 29.8 Å². The normalized spacial score (nSPS) is 20.4. The smallest absolute Gasteiger partial charge is 0.387 e. The first-order chi connectivity index (χ1) is 9.56. The van der Waals surface area contributed by atoms with E-state index >= 15 is 0 Å². The third-order valence-corrected chi connectivity index (χ3v) is 3.76. The Morgan fingerprint density at radius 2 is 2.30 bits per heavy atom. The molecule has 1 aliphatic heterocycles. The molecule has 1 aliphatic rings. The predicted molar refractivity (Wildman–Crippen MR) is 73.3 cm³/mol. The summed E-state index contributed by atoms with van der Waals surface area (Å²) >= 11 is 5.90. The van der Waals surface area contributed by atoms with E-state index in [1.54, 1.807) is 6.07 Å². The van der Waals surface area contributed by atoms with Gasteiger partial charge in [-0.25, -0.2) is 0 Å². The molecule has 0 saturated carbocycles. The summed E-state index contributed by atoms with van der Waals surface area (Å²) in [6, 6.07) is 4.89. The Morgan fingerprint density at radius 1 is 1.50 bits per heavy atom. The van der Waals surface area contributed by atoms with E-state index in [0.717, 1.165) is 19.6 Å². The van der Waals surface area contributed by atoms with Gasteiger partial charge in [-0.2, -0.15) is 8.78 Å². The molecular weight excluding hydrogens is 288 g/mol. The van der Waals surface area contributed by atoms with E-state index in [-0.39, 0.29) is 11.8 Å². The Hall–Kier alpha value is -0.910. The number of hydrogen-bond acceptors (Lipinski definition) is 3. The van der Waals surface area contributed by atoms with Crippen molar-refractivity contribution in [3.8, 4) is 5.75 Å². The molecule has 1 fully saturated rings. The Bertz CT molecular complexity index is 439. The molecule has 6 heteroatoms. The molecule has 0 aromatic heterocycles. The first kappa shape index (κ1) is 15.5. The van der Waals surface area contributed by atoms with Crippen LogP contribution in [-0.4, -0.2) is 25.9 Å². The monoisotopic (exact) mass is 305 g/mol. The highest BCUT2D eigenvalue weighted by atomic mass is 35.5. The van der Waals surface area contributed by atoms with E-state index in [1.807, 2.05) is 0 Å². The van der Waals surface area contributed by atoms with Crippen LogP contribution in [0.4, 0.5) is 8.78 Å². The minimum Gasteiger partial charge on any atom is -0.434 e. The van der Waals surface area contributed by atoms with Crippen molar-refractivity contribution in [1.82, 2.24) is 5.32 Å². The van der Waals surface area contributed by atoms with Crippen molar-refractivity contribution >= 4 is 11.6 Å². The van der Waals surface area contributed by atoms with Crippen LogP contribution in [0, 0.1) is 5.92 Å². The third-order valence-electron chi connectivity index (χ3n) is 3.53. The molecule has 0 amide bonds. The highest BCUT2D eigenvalue weighted by molar-refractivity contribution is 6.30. The third kappa shape index (κ3) is 4.30. The molecule has 112 valence electrons. The summed E-state index contributed by atoms with van der Waals surface area (Å²) in [6.45, 7) is 1.19. The van der Waals surface area contributed by atoms with Crippen LogP contribution in [0.25, 0.3) is 0 Å². The summed E-state index contributed by atoms with van der Waals surface area (Å²) in [7, 11) is 0. The Labute approximate surface area is 122 Å². The van der Waals surface area contributed by atoms with Crippen LogP contribution in [0.1, 0.15) is 18.9 Å². The van der Waals surface area contributed by atoms with Crippen molar-refractivity contribution in [2.24, 2.45) is 5.92 Å². The number of alkyl halides is 2. The number of benzene rings is 1. The van der Waals surface area contributed by atoms with Crippen molar-refractivity contribution in [3.63, 3.8) is 0 Å². The van der Waals surface area contributed by atoms with Crippen LogP contribution < -0.4 is 10.1 Å². The average Bonchev–Trinajstić information content (AvgIpc) is 2.92. The van der Waals surface area contributed by atoms with Crippen molar-refractivity contribution < 1.29 is 18.3 Å². The van der Waals surface area contributed by atoms with Crippen molar-refractivity contribution in [1.29, 1.82) is 0 Å². The lowest BCUT2D eigenvalue weighted by molar-refractivity contribution is -0.0505. The van der Waals surface area contributed by atoms with Crippen LogP contribution in [0.5, 0.6) is 5.75 Å². The molecule has 1 aromatic rings. The zero-order valence-electron chi connectivity index (χ0n) is 11.2. The Balaban J connectivity index is 1.98. The number of halogens is 3. The van der Waals surface area contributed by atoms with Crippen molar-refractivity contribution in [3.05, 3.63) is 28.8 Å². The lowest BCUT2D eigenvalue weighted by atomic mass is 10.0. The molecule has 3 nitrogen and oxygen atoms in total. The van der Waals surface area contributed by atoms with Gasteiger partial charge in [0.25, 0.3) is 0 Å². The first-order valence-corrected chi connectivity index (χ1v) is 6.98. The molecule has 0 spiro atoms. The Kier molecular flexibility index (Phi) is 5.57. The van der Waals surface area contributed by atoms with Crippen LogP contribution in [0.2, 0.25) is 5.02 Å². The van der Waals surface area contributed by atoms with Gasteiger partial charge in [-0.1, -0.05) is 11.6 Å². The number of rotatable bonds is 6. The standard InChI is InChI=1S/C14H18ClF2NO2/c1-9(10-4-5-19-8-10)18-7-11-6-12(15)2-3-13(11)20-14(16)17/h2-3,6,9-10,14,18H,4-5,7-8H2,1H3. The maximum absolute atomic E-state index is 12.4. The SMILES string of the molecule is CC(NCc1cc(Cl)ccc1OC(F)F)C1CCOC1. The minimum atomic E-state index is -2.84.